The van der Waals surface area contributed by atoms with Crippen molar-refractivity contribution < 1.29 is 4.39 Å². The molecule has 1 aliphatic heterocycles. The van der Waals surface area contributed by atoms with Crippen LogP contribution >= 0.6 is 0 Å². The van der Waals surface area contributed by atoms with Gasteiger partial charge in [0.15, 0.2) is 0 Å². The maximum absolute atomic E-state index is 13.4. The van der Waals surface area contributed by atoms with E-state index in [4.69, 9.17) is 0 Å². The number of nitrogens with one attached hydrogen (secondary N) is 2. The van der Waals surface area contributed by atoms with Gasteiger partial charge >= 0.3 is 0 Å². The number of hydrogen-bond acceptors (Lipinski definition) is 4. The number of benzene rings is 2. The first-order valence-corrected chi connectivity index (χ1v) is 10.5. The minimum absolute atomic E-state index is 0.0887. The molecule has 4 rings (SSSR count). The van der Waals surface area contributed by atoms with Crippen LogP contribution in [0.3, 0.4) is 0 Å². The first-order valence-electron chi connectivity index (χ1n) is 10.5. The molecule has 30 heavy (non-hydrogen) atoms. The molecule has 0 saturated carbocycles. The van der Waals surface area contributed by atoms with Crippen LogP contribution in [0.5, 0.6) is 0 Å². The highest BCUT2D eigenvalue weighted by molar-refractivity contribution is 5.66. The lowest BCUT2D eigenvalue weighted by Crippen LogP contribution is -2.43. The van der Waals surface area contributed by atoms with E-state index in [0.29, 0.717) is 6.04 Å². The Bertz CT molecular complexity index is 1040. The van der Waals surface area contributed by atoms with Crippen LogP contribution in [-0.2, 0) is 6.42 Å². The van der Waals surface area contributed by atoms with Gasteiger partial charge in [0, 0.05) is 49.5 Å². The van der Waals surface area contributed by atoms with Crippen molar-refractivity contribution in [2.45, 2.75) is 32.2 Å². The fourth-order valence-electron chi connectivity index (χ4n) is 4.03. The molecular formula is C24H27FN4O. The molecule has 2 aromatic carbocycles. The molecule has 0 radical (unpaired) electrons. The van der Waals surface area contributed by atoms with Gasteiger partial charge in [-0.15, -0.1) is 0 Å². The van der Waals surface area contributed by atoms with E-state index in [0.717, 1.165) is 61.5 Å². The third-order valence-corrected chi connectivity index (χ3v) is 5.60. The van der Waals surface area contributed by atoms with Gasteiger partial charge in [-0.3, -0.25) is 4.79 Å². The van der Waals surface area contributed by atoms with Crippen molar-refractivity contribution in [1.82, 2.24) is 15.3 Å². The average Bonchev–Trinajstić information content (AvgIpc) is 2.74. The van der Waals surface area contributed by atoms with Crippen LogP contribution in [-0.4, -0.2) is 35.6 Å². The smallest absolute Gasteiger partial charge is 0.251 e. The van der Waals surface area contributed by atoms with E-state index in [9.17, 15) is 9.18 Å². The number of piperidine rings is 1. The molecule has 0 atom stereocenters. The molecule has 0 amide bonds. The molecule has 1 saturated heterocycles. The molecule has 1 fully saturated rings. The zero-order valence-electron chi connectivity index (χ0n) is 17.2. The topological polar surface area (TPSA) is 61.0 Å². The summed E-state index contributed by atoms with van der Waals surface area (Å²) >= 11 is 0. The van der Waals surface area contributed by atoms with Gasteiger partial charge in [-0.2, -0.15) is 0 Å². The van der Waals surface area contributed by atoms with Crippen molar-refractivity contribution in [3.8, 4) is 11.1 Å². The summed E-state index contributed by atoms with van der Waals surface area (Å²) in [6.07, 6.45) is 2.87. The zero-order chi connectivity index (χ0) is 20.9. The molecule has 1 aliphatic rings. The molecule has 2 heterocycles. The third kappa shape index (κ3) is 5.13. The normalized spacial score (nSPS) is 14.8. The number of H-pyrrole nitrogens is 1. The molecule has 2 N–H and O–H groups in total. The number of aryl methyl sites for hydroxylation is 1. The predicted octanol–water partition coefficient (Wildman–Crippen LogP) is 3.69. The minimum Gasteiger partial charge on any atom is -0.371 e. The molecule has 0 unspecified atom stereocenters. The molecule has 156 valence electrons. The predicted molar refractivity (Wildman–Crippen MR) is 118 cm³/mol. The minimum atomic E-state index is -0.212. The highest BCUT2D eigenvalue weighted by Crippen LogP contribution is 2.25. The molecule has 0 bridgehead atoms. The summed E-state index contributed by atoms with van der Waals surface area (Å²) in [5.41, 5.74) is 3.79. The summed E-state index contributed by atoms with van der Waals surface area (Å²) in [7, 11) is 0. The van der Waals surface area contributed by atoms with E-state index >= 15 is 0 Å². The summed E-state index contributed by atoms with van der Waals surface area (Å²) in [6.45, 7) is 4.64. The number of nitrogens with zero attached hydrogens (tertiary/aromatic N) is 2. The van der Waals surface area contributed by atoms with Gasteiger partial charge in [-0.05, 0) is 55.2 Å². The third-order valence-electron chi connectivity index (χ3n) is 5.60. The monoisotopic (exact) mass is 406 g/mol. The lowest BCUT2D eigenvalue weighted by atomic mass is 10.0. The highest BCUT2D eigenvalue weighted by atomic mass is 19.1. The van der Waals surface area contributed by atoms with Crippen LogP contribution in [0.1, 0.15) is 24.4 Å². The molecule has 0 aliphatic carbocycles. The Balaban J connectivity index is 1.26. The second-order valence-corrected chi connectivity index (χ2v) is 7.86. The van der Waals surface area contributed by atoms with Crippen molar-refractivity contribution >= 4 is 5.69 Å². The summed E-state index contributed by atoms with van der Waals surface area (Å²) < 4.78 is 13.4. The number of anilines is 1. The van der Waals surface area contributed by atoms with E-state index in [1.807, 2.05) is 13.0 Å². The van der Waals surface area contributed by atoms with Crippen molar-refractivity contribution in [3.05, 3.63) is 82.3 Å². The van der Waals surface area contributed by atoms with Gasteiger partial charge in [0.1, 0.15) is 11.6 Å². The van der Waals surface area contributed by atoms with Gasteiger partial charge in [0.25, 0.3) is 5.56 Å². The molecule has 6 heteroatoms. The van der Waals surface area contributed by atoms with Crippen molar-refractivity contribution in [2.24, 2.45) is 0 Å². The standard InChI is InChI=1S/C24H27FN4O/c1-17-15-24(30)28-23(27-17)9-12-26-21-10-13-29(14-11-21)22-7-5-18(6-8-22)19-3-2-4-20(25)16-19/h2-8,15-16,21,26H,9-14H2,1H3,(H,27,28,30). The number of aromatic amines is 1. The fraction of sp³-hybridized carbons (Fsp3) is 0.333. The lowest BCUT2D eigenvalue weighted by Gasteiger charge is -2.34. The van der Waals surface area contributed by atoms with Gasteiger partial charge in [0.2, 0.25) is 0 Å². The van der Waals surface area contributed by atoms with E-state index in [1.165, 1.54) is 17.8 Å². The fourth-order valence-corrected chi connectivity index (χ4v) is 4.03. The quantitative estimate of drug-likeness (QED) is 0.656. The molecule has 5 nitrogen and oxygen atoms in total. The number of aromatic nitrogens is 2. The zero-order valence-corrected chi connectivity index (χ0v) is 17.2. The van der Waals surface area contributed by atoms with E-state index in [-0.39, 0.29) is 11.4 Å². The van der Waals surface area contributed by atoms with Gasteiger partial charge in [0.05, 0.1) is 0 Å². The van der Waals surface area contributed by atoms with E-state index in [2.05, 4.69) is 44.5 Å². The summed E-state index contributed by atoms with van der Waals surface area (Å²) in [5.74, 6) is 0.527. The molecular weight excluding hydrogens is 379 g/mol. The van der Waals surface area contributed by atoms with Crippen LogP contribution < -0.4 is 15.8 Å². The van der Waals surface area contributed by atoms with Crippen LogP contribution in [0.4, 0.5) is 10.1 Å². The van der Waals surface area contributed by atoms with Crippen molar-refractivity contribution in [3.63, 3.8) is 0 Å². The lowest BCUT2D eigenvalue weighted by molar-refractivity contribution is 0.416. The number of hydrogen-bond donors (Lipinski definition) is 2. The molecule has 0 spiro atoms. The van der Waals surface area contributed by atoms with E-state index < -0.39 is 0 Å². The second-order valence-electron chi connectivity index (χ2n) is 7.86. The van der Waals surface area contributed by atoms with Crippen LogP contribution in [0.25, 0.3) is 11.1 Å². The Morgan fingerprint density at radius 1 is 1.10 bits per heavy atom. The Morgan fingerprint density at radius 2 is 1.87 bits per heavy atom. The van der Waals surface area contributed by atoms with Gasteiger partial charge in [-0.25, -0.2) is 9.37 Å². The number of halogens is 1. The van der Waals surface area contributed by atoms with Crippen molar-refractivity contribution in [1.29, 1.82) is 0 Å². The summed E-state index contributed by atoms with van der Waals surface area (Å²) in [5, 5.41) is 3.59. The van der Waals surface area contributed by atoms with Crippen molar-refractivity contribution in [2.75, 3.05) is 24.5 Å². The number of rotatable bonds is 6. The van der Waals surface area contributed by atoms with Crippen LogP contribution in [0.2, 0.25) is 0 Å². The summed E-state index contributed by atoms with van der Waals surface area (Å²) in [4.78, 5) is 21.1. The highest BCUT2D eigenvalue weighted by Gasteiger charge is 2.19. The maximum atomic E-state index is 13.4. The summed E-state index contributed by atoms with van der Waals surface area (Å²) in [6, 6.07) is 17.0. The largest absolute Gasteiger partial charge is 0.371 e. The second kappa shape index (κ2) is 9.22. The van der Waals surface area contributed by atoms with Crippen LogP contribution in [0, 0.1) is 12.7 Å². The Kier molecular flexibility index (Phi) is 6.23. The average molecular weight is 407 g/mol. The Hall–Kier alpha value is -2.99. The molecule has 3 aromatic rings. The Morgan fingerprint density at radius 3 is 2.57 bits per heavy atom. The Labute approximate surface area is 176 Å². The SMILES string of the molecule is Cc1cc(=O)[nH]c(CCNC2CCN(c3ccc(-c4cccc(F)c4)cc3)CC2)n1. The first kappa shape index (κ1) is 20.3. The van der Waals surface area contributed by atoms with E-state index in [1.54, 1.807) is 12.1 Å². The van der Waals surface area contributed by atoms with Gasteiger partial charge < -0.3 is 15.2 Å². The first-order chi connectivity index (χ1) is 14.6. The van der Waals surface area contributed by atoms with Gasteiger partial charge in [-0.1, -0.05) is 24.3 Å². The molecule has 1 aromatic heterocycles. The van der Waals surface area contributed by atoms with Crippen LogP contribution in [0.15, 0.2) is 59.4 Å². The maximum Gasteiger partial charge on any atom is 0.251 e.